The van der Waals surface area contributed by atoms with Gasteiger partial charge >= 0.3 is 0 Å². The minimum Gasteiger partial charge on any atom is -0.508 e. The fourth-order valence-electron chi connectivity index (χ4n) is 1.36. The van der Waals surface area contributed by atoms with E-state index in [9.17, 15) is 9.59 Å². The number of quaternary nitrogens is 1. The van der Waals surface area contributed by atoms with Gasteiger partial charge in [0.25, 0.3) is 5.91 Å². The highest BCUT2D eigenvalue weighted by Crippen LogP contribution is 2.11. The van der Waals surface area contributed by atoms with Gasteiger partial charge in [0, 0.05) is 6.42 Å². The van der Waals surface area contributed by atoms with Gasteiger partial charge in [-0.15, -0.1) is 0 Å². The van der Waals surface area contributed by atoms with Crippen LogP contribution in [0.2, 0.25) is 0 Å². The van der Waals surface area contributed by atoms with Crippen molar-refractivity contribution >= 4 is 11.8 Å². The van der Waals surface area contributed by atoms with E-state index >= 15 is 0 Å². The molecule has 0 aliphatic rings. The van der Waals surface area contributed by atoms with E-state index in [0.717, 1.165) is 5.56 Å². The van der Waals surface area contributed by atoms with Crippen LogP contribution in [0.15, 0.2) is 24.3 Å². The fraction of sp³-hybridized carbons (Fsp3) is 0.273. The lowest BCUT2D eigenvalue weighted by atomic mass is 10.1. The molecule has 1 aromatic rings. The van der Waals surface area contributed by atoms with E-state index in [1.807, 2.05) is 0 Å². The van der Waals surface area contributed by atoms with Crippen LogP contribution in [0.3, 0.4) is 0 Å². The van der Waals surface area contributed by atoms with Gasteiger partial charge in [0.1, 0.15) is 11.8 Å². The largest absolute Gasteiger partial charge is 0.508 e. The summed E-state index contributed by atoms with van der Waals surface area (Å²) < 4.78 is 0. The average Bonchev–Trinajstić information content (AvgIpc) is 2.30. The van der Waals surface area contributed by atoms with Gasteiger partial charge in [0.15, 0.2) is 6.54 Å². The van der Waals surface area contributed by atoms with E-state index < -0.39 is 11.9 Å². The van der Waals surface area contributed by atoms with Gasteiger partial charge in [-0.3, -0.25) is 9.59 Å². The summed E-state index contributed by atoms with van der Waals surface area (Å²) in [6.45, 7) is 0.0549. The summed E-state index contributed by atoms with van der Waals surface area (Å²) in [4.78, 5) is 22.3. The van der Waals surface area contributed by atoms with E-state index in [1.165, 1.54) is 12.1 Å². The molecule has 7 N–H and O–H groups in total. The molecule has 6 nitrogen and oxygen atoms in total. The lowest BCUT2D eigenvalue weighted by Crippen LogP contribution is -2.60. The first-order chi connectivity index (χ1) is 8.02. The molecule has 0 fully saturated rings. The van der Waals surface area contributed by atoms with Gasteiger partial charge in [-0.1, -0.05) is 12.1 Å². The summed E-state index contributed by atoms with van der Waals surface area (Å²) in [6.07, 6.45) is 0.293. The molecule has 0 spiro atoms. The van der Waals surface area contributed by atoms with Crippen LogP contribution in [0.25, 0.3) is 0 Å². The molecule has 0 aliphatic carbocycles. The molecule has 1 aromatic carbocycles. The first kappa shape index (κ1) is 13.0. The Morgan fingerprint density at radius 2 is 1.94 bits per heavy atom. The van der Waals surface area contributed by atoms with E-state index in [1.54, 1.807) is 12.1 Å². The molecule has 6 heteroatoms. The van der Waals surface area contributed by atoms with Crippen LogP contribution in [-0.4, -0.2) is 29.5 Å². The smallest absolute Gasteiger partial charge is 0.275 e. The third-order valence-corrected chi connectivity index (χ3v) is 2.28. The Labute approximate surface area is 98.6 Å². The van der Waals surface area contributed by atoms with Crippen molar-refractivity contribution in [1.82, 2.24) is 5.32 Å². The summed E-state index contributed by atoms with van der Waals surface area (Å²) in [5.41, 5.74) is 9.42. The molecular weight excluding hydrogens is 222 g/mol. The summed E-state index contributed by atoms with van der Waals surface area (Å²) in [6, 6.07) is 5.60. The molecule has 0 radical (unpaired) electrons. The first-order valence-electron chi connectivity index (χ1n) is 5.18. The highest BCUT2D eigenvalue weighted by molar-refractivity contribution is 5.87. The van der Waals surface area contributed by atoms with Crippen LogP contribution in [-0.2, 0) is 16.0 Å². The third kappa shape index (κ3) is 4.12. The van der Waals surface area contributed by atoms with Crippen molar-refractivity contribution in [1.29, 1.82) is 0 Å². The molecule has 0 bridgehead atoms. The molecule has 0 heterocycles. The number of phenolic OH excluding ortho intramolecular Hbond substituents is 1. The molecule has 92 valence electrons. The van der Waals surface area contributed by atoms with Crippen molar-refractivity contribution in [3.05, 3.63) is 29.8 Å². The zero-order chi connectivity index (χ0) is 12.8. The number of carbonyl (C=O) groups is 2. The molecule has 0 saturated heterocycles. The van der Waals surface area contributed by atoms with Crippen LogP contribution >= 0.6 is 0 Å². The Morgan fingerprint density at radius 1 is 1.35 bits per heavy atom. The molecule has 0 saturated carbocycles. The predicted molar refractivity (Wildman–Crippen MR) is 60.7 cm³/mol. The molecule has 1 rings (SSSR count). The molecule has 0 aromatic heterocycles. The Balaban J connectivity index is 2.70. The number of rotatable bonds is 5. The molecular formula is C11H16N3O3+. The first-order valence-corrected chi connectivity index (χ1v) is 5.18. The number of benzene rings is 1. The van der Waals surface area contributed by atoms with Crippen LogP contribution in [0.1, 0.15) is 5.56 Å². The summed E-state index contributed by atoms with van der Waals surface area (Å²) in [7, 11) is 0. The Morgan fingerprint density at radius 3 is 2.41 bits per heavy atom. The number of phenols is 1. The molecule has 2 amide bonds. The van der Waals surface area contributed by atoms with Crippen molar-refractivity contribution < 1.29 is 20.4 Å². The van der Waals surface area contributed by atoms with E-state index in [0.29, 0.717) is 6.42 Å². The minimum atomic E-state index is -0.756. The van der Waals surface area contributed by atoms with Gasteiger partial charge in [0.2, 0.25) is 5.91 Å². The van der Waals surface area contributed by atoms with Crippen LogP contribution in [0.4, 0.5) is 0 Å². The number of carbonyl (C=O) groups excluding carboxylic acids is 2. The predicted octanol–water partition coefficient (Wildman–Crippen LogP) is -1.85. The van der Waals surface area contributed by atoms with Gasteiger partial charge in [-0.05, 0) is 17.7 Å². The lowest BCUT2D eigenvalue weighted by Gasteiger charge is -2.14. The average molecular weight is 238 g/mol. The van der Waals surface area contributed by atoms with Gasteiger partial charge in [-0.25, -0.2) is 0 Å². The number of amides is 2. The zero-order valence-electron chi connectivity index (χ0n) is 9.35. The van der Waals surface area contributed by atoms with Crippen LogP contribution < -0.4 is 16.8 Å². The number of primary amides is 1. The van der Waals surface area contributed by atoms with Crippen molar-refractivity contribution in [2.75, 3.05) is 6.54 Å². The maximum Gasteiger partial charge on any atom is 0.275 e. The number of hydrogen-bond donors (Lipinski definition) is 4. The van der Waals surface area contributed by atoms with Gasteiger partial charge < -0.3 is 21.9 Å². The summed E-state index contributed by atoms with van der Waals surface area (Å²) in [5, 5.41) is 11.6. The maximum atomic E-state index is 11.2. The second-order valence-corrected chi connectivity index (χ2v) is 3.64. The SMILES string of the molecule is NC(=O)C(Cc1ccc(O)cc1)NC(=O)C[NH3+]. The van der Waals surface area contributed by atoms with Gasteiger partial charge in [0.05, 0.1) is 0 Å². The standard InChI is InChI=1S/C11H15N3O3/c12-6-10(16)14-9(11(13)17)5-7-1-3-8(15)4-2-7/h1-4,9,15H,5-6,12H2,(H2,13,17)(H,14,16)/p+1. The highest BCUT2D eigenvalue weighted by Gasteiger charge is 2.18. The van der Waals surface area contributed by atoms with Crippen molar-refractivity contribution in [2.24, 2.45) is 5.73 Å². The molecule has 1 unspecified atom stereocenters. The molecule has 17 heavy (non-hydrogen) atoms. The fourth-order valence-corrected chi connectivity index (χ4v) is 1.36. The second kappa shape index (κ2) is 5.86. The lowest BCUT2D eigenvalue weighted by molar-refractivity contribution is -0.355. The van der Waals surface area contributed by atoms with E-state index in [-0.39, 0.29) is 18.2 Å². The van der Waals surface area contributed by atoms with Crippen LogP contribution in [0.5, 0.6) is 5.75 Å². The number of aromatic hydroxyl groups is 1. The third-order valence-electron chi connectivity index (χ3n) is 2.28. The van der Waals surface area contributed by atoms with E-state index in [2.05, 4.69) is 11.1 Å². The van der Waals surface area contributed by atoms with Gasteiger partial charge in [-0.2, -0.15) is 0 Å². The van der Waals surface area contributed by atoms with Crippen LogP contribution in [0, 0.1) is 0 Å². The number of nitrogens with one attached hydrogen (secondary N) is 1. The summed E-state index contributed by atoms with van der Waals surface area (Å²) in [5.74, 6) is -0.779. The molecule has 0 aliphatic heterocycles. The number of hydrogen-bond acceptors (Lipinski definition) is 3. The maximum absolute atomic E-state index is 11.2. The molecule has 1 atom stereocenters. The minimum absolute atomic E-state index is 0.0549. The quantitative estimate of drug-likeness (QED) is 0.481. The van der Waals surface area contributed by atoms with Crippen molar-refractivity contribution in [2.45, 2.75) is 12.5 Å². The topological polar surface area (TPSA) is 120 Å². The highest BCUT2D eigenvalue weighted by atomic mass is 16.3. The van der Waals surface area contributed by atoms with Crippen molar-refractivity contribution in [3.8, 4) is 5.75 Å². The Kier molecular flexibility index (Phi) is 4.47. The monoisotopic (exact) mass is 238 g/mol. The van der Waals surface area contributed by atoms with E-state index in [4.69, 9.17) is 10.8 Å². The Bertz CT molecular complexity index is 403. The second-order valence-electron chi connectivity index (χ2n) is 3.64. The Hall–Kier alpha value is -2.08. The number of nitrogens with two attached hydrogens (primary N) is 1. The normalized spacial score (nSPS) is 11.8. The van der Waals surface area contributed by atoms with Crippen molar-refractivity contribution in [3.63, 3.8) is 0 Å². The zero-order valence-corrected chi connectivity index (χ0v) is 9.35. The summed E-state index contributed by atoms with van der Waals surface area (Å²) >= 11 is 0.